The minimum Gasteiger partial charge on any atom is -0.501 e. The molecule has 0 bridgehead atoms. The molecule has 5 heteroatoms. The first-order chi connectivity index (χ1) is 8.65. The van der Waals surface area contributed by atoms with Crippen LogP contribution in [0.5, 0.6) is 0 Å². The summed E-state index contributed by atoms with van der Waals surface area (Å²) in [6, 6.07) is -0.0550. The highest BCUT2D eigenvalue weighted by Crippen LogP contribution is 2.28. The summed E-state index contributed by atoms with van der Waals surface area (Å²) in [6.45, 7) is 3.56. The number of ether oxygens (including phenoxy) is 1. The third-order valence-corrected chi connectivity index (χ3v) is 6.07. The van der Waals surface area contributed by atoms with Crippen LogP contribution in [0.4, 0.5) is 0 Å². The Hall–Kier alpha value is -0.550. The van der Waals surface area contributed by atoms with Crippen molar-refractivity contribution in [1.82, 2.24) is 5.32 Å². The molecule has 18 heavy (non-hydrogen) atoms. The molecular formula is C13H23NO3S. The number of hydrogen-bond acceptors (Lipinski definition) is 4. The molecule has 1 N–H and O–H groups in total. The highest BCUT2D eigenvalue weighted by Gasteiger charge is 2.37. The number of likely N-dealkylation sites (N-methyl/N-ethyl adjacent to an activating group) is 1. The molecule has 2 atom stereocenters. The molecule has 0 aromatic rings. The van der Waals surface area contributed by atoms with Crippen LogP contribution in [0.3, 0.4) is 0 Å². The van der Waals surface area contributed by atoms with E-state index in [0.717, 1.165) is 50.8 Å². The summed E-state index contributed by atoms with van der Waals surface area (Å²) in [5, 5.41) is 3.09. The zero-order chi connectivity index (χ0) is 13.0. The molecule has 0 amide bonds. The Kier molecular flexibility index (Phi) is 4.67. The molecule has 1 fully saturated rings. The molecule has 0 aromatic heterocycles. The van der Waals surface area contributed by atoms with Crippen molar-refractivity contribution in [2.75, 3.05) is 18.9 Å². The van der Waals surface area contributed by atoms with Crippen LogP contribution in [-0.4, -0.2) is 38.6 Å². The third kappa shape index (κ3) is 3.06. The second-order valence-electron chi connectivity index (χ2n) is 5.10. The van der Waals surface area contributed by atoms with E-state index in [1.807, 2.05) is 6.92 Å². The van der Waals surface area contributed by atoms with E-state index in [1.165, 1.54) is 0 Å². The van der Waals surface area contributed by atoms with Crippen molar-refractivity contribution in [2.45, 2.75) is 50.3 Å². The summed E-state index contributed by atoms with van der Waals surface area (Å²) in [5.41, 5.74) is 1.12. The second-order valence-corrected chi connectivity index (χ2v) is 7.44. The first-order valence-electron chi connectivity index (χ1n) is 6.90. The molecule has 1 saturated heterocycles. The van der Waals surface area contributed by atoms with Crippen molar-refractivity contribution in [3.05, 3.63) is 11.8 Å². The molecule has 0 radical (unpaired) electrons. The van der Waals surface area contributed by atoms with E-state index in [1.54, 1.807) is 6.26 Å². The lowest BCUT2D eigenvalue weighted by molar-refractivity contribution is 0.218. The number of rotatable bonds is 4. The Morgan fingerprint density at radius 2 is 2.28 bits per heavy atom. The number of hydrogen-bond donors (Lipinski definition) is 1. The topological polar surface area (TPSA) is 55.4 Å². The van der Waals surface area contributed by atoms with Gasteiger partial charge in [-0.05, 0) is 37.8 Å². The lowest BCUT2D eigenvalue weighted by Crippen LogP contribution is -2.48. The van der Waals surface area contributed by atoms with E-state index in [9.17, 15) is 8.42 Å². The standard InChI is InChI=1S/C13H23NO3S/c1-2-14-13(11-6-5-8-17-10-11)12-7-3-4-9-18(12,15)16/h10,12-14H,2-9H2,1H3. The molecule has 2 rings (SSSR count). The Morgan fingerprint density at radius 3 is 2.89 bits per heavy atom. The largest absolute Gasteiger partial charge is 0.501 e. The van der Waals surface area contributed by atoms with Crippen molar-refractivity contribution in [3.8, 4) is 0 Å². The Bertz CT molecular complexity index is 402. The fourth-order valence-electron chi connectivity index (χ4n) is 2.89. The van der Waals surface area contributed by atoms with Gasteiger partial charge in [0.05, 0.1) is 23.9 Å². The maximum absolute atomic E-state index is 12.2. The van der Waals surface area contributed by atoms with Gasteiger partial charge in [-0.3, -0.25) is 0 Å². The van der Waals surface area contributed by atoms with Gasteiger partial charge in [0.1, 0.15) is 0 Å². The first kappa shape index (κ1) is 13.9. The van der Waals surface area contributed by atoms with Crippen LogP contribution in [0.2, 0.25) is 0 Å². The van der Waals surface area contributed by atoms with Gasteiger partial charge in [0.2, 0.25) is 0 Å². The van der Waals surface area contributed by atoms with Crippen molar-refractivity contribution < 1.29 is 13.2 Å². The molecule has 0 aliphatic carbocycles. The van der Waals surface area contributed by atoms with Crippen LogP contribution < -0.4 is 5.32 Å². The Balaban J connectivity index is 2.20. The first-order valence-corrected chi connectivity index (χ1v) is 8.62. The minimum absolute atomic E-state index is 0.0550. The monoisotopic (exact) mass is 273 g/mol. The molecular weight excluding hydrogens is 250 g/mol. The number of sulfone groups is 1. The molecule has 104 valence electrons. The van der Waals surface area contributed by atoms with E-state index < -0.39 is 9.84 Å². The lowest BCUT2D eigenvalue weighted by atomic mass is 9.96. The molecule has 0 aromatic carbocycles. The maximum Gasteiger partial charge on any atom is 0.155 e. The SMILES string of the molecule is CCNC(C1=COCCC1)C1CCCCS1(=O)=O. The second kappa shape index (κ2) is 6.06. The van der Waals surface area contributed by atoms with E-state index >= 15 is 0 Å². The molecule has 0 spiro atoms. The highest BCUT2D eigenvalue weighted by atomic mass is 32.2. The van der Waals surface area contributed by atoms with E-state index in [2.05, 4.69) is 5.32 Å². The molecule has 0 saturated carbocycles. The molecule has 2 aliphatic rings. The van der Waals surface area contributed by atoms with E-state index in [4.69, 9.17) is 4.74 Å². The third-order valence-electron chi connectivity index (χ3n) is 3.79. The quantitative estimate of drug-likeness (QED) is 0.846. The fourth-order valence-corrected chi connectivity index (χ4v) is 5.01. The summed E-state index contributed by atoms with van der Waals surface area (Å²) < 4.78 is 29.8. The van der Waals surface area contributed by atoms with Gasteiger partial charge in [-0.2, -0.15) is 0 Å². The minimum atomic E-state index is -2.95. The summed E-state index contributed by atoms with van der Waals surface area (Å²) in [4.78, 5) is 0. The summed E-state index contributed by atoms with van der Waals surface area (Å²) >= 11 is 0. The Labute approximate surface area is 110 Å². The van der Waals surface area contributed by atoms with Gasteiger partial charge in [-0.25, -0.2) is 8.42 Å². The Morgan fingerprint density at radius 1 is 1.44 bits per heavy atom. The van der Waals surface area contributed by atoms with Crippen LogP contribution >= 0.6 is 0 Å². The van der Waals surface area contributed by atoms with Gasteiger partial charge in [0.25, 0.3) is 0 Å². The van der Waals surface area contributed by atoms with Gasteiger partial charge in [0.15, 0.2) is 9.84 Å². The van der Waals surface area contributed by atoms with E-state index in [0.29, 0.717) is 5.75 Å². The maximum atomic E-state index is 12.2. The number of nitrogens with one attached hydrogen (secondary N) is 1. The van der Waals surface area contributed by atoms with Gasteiger partial charge < -0.3 is 10.1 Å². The predicted molar refractivity (Wildman–Crippen MR) is 72.2 cm³/mol. The molecule has 2 unspecified atom stereocenters. The van der Waals surface area contributed by atoms with Crippen LogP contribution in [0, 0.1) is 0 Å². The fraction of sp³-hybridized carbons (Fsp3) is 0.846. The van der Waals surface area contributed by atoms with Crippen molar-refractivity contribution in [2.24, 2.45) is 0 Å². The van der Waals surface area contributed by atoms with E-state index in [-0.39, 0.29) is 11.3 Å². The van der Waals surface area contributed by atoms with Gasteiger partial charge in [-0.15, -0.1) is 0 Å². The summed E-state index contributed by atoms with van der Waals surface area (Å²) in [5.74, 6) is 0.341. The average molecular weight is 273 g/mol. The zero-order valence-electron chi connectivity index (χ0n) is 11.0. The smallest absolute Gasteiger partial charge is 0.155 e. The molecule has 2 aliphatic heterocycles. The van der Waals surface area contributed by atoms with Crippen molar-refractivity contribution in [1.29, 1.82) is 0 Å². The van der Waals surface area contributed by atoms with Crippen LogP contribution in [0.25, 0.3) is 0 Å². The molecule has 4 nitrogen and oxygen atoms in total. The summed E-state index contributed by atoms with van der Waals surface area (Å²) in [6.07, 6.45) is 6.32. The molecule has 2 heterocycles. The highest BCUT2D eigenvalue weighted by molar-refractivity contribution is 7.92. The van der Waals surface area contributed by atoms with Crippen LogP contribution in [0.15, 0.2) is 11.8 Å². The normalized spacial score (nSPS) is 29.2. The average Bonchev–Trinajstić information content (AvgIpc) is 2.37. The van der Waals surface area contributed by atoms with Gasteiger partial charge >= 0.3 is 0 Å². The van der Waals surface area contributed by atoms with Crippen LogP contribution in [0.1, 0.15) is 39.0 Å². The van der Waals surface area contributed by atoms with Crippen LogP contribution in [-0.2, 0) is 14.6 Å². The van der Waals surface area contributed by atoms with Crippen molar-refractivity contribution in [3.63, 3.8) is 0 Å². The van der Waals surface area contributed by atoms with Gasteiger partial charge in [0, 0.05) is 6.04 Å². The zero-order valence-corrected chi connectivity index (χ0v) is 11.8. The van der Waals surface area contributed by atoms with Crippen molar-refractivity contribution >= 4 is 9.84 Å². The lowest BCUT2D eigenvalue weighted by Gasteiger charge is -2.33. The summed E-state index contributed by atoms with van der Waals surface area (Å²) in [7, 11) is -2.95. The van der Waals surface area contributed by atoms with Gasteiger partial charge in [-0.1, -0.05) is 13.3 Å². The predicted octanol–water partition coefficient (Wildman–Crippen LogP) is 1.63.